The molecule has 196 valence electrons. The molecule has 1 fully saturated rings. The Morgan fingerprint density at radius 1 is 1.08 bits per heavy atom. The molecule has 2 unspecified atom stereocenters. The lowest BCUT2D eigenvalue weighted by molar-refractivity contribution is 0.0710. The first kappa shape index (κ1) is 26.6. The van der Waals surface area contributed by atoms with Gasteiger partial charge in [0.1, 0.15) is 23.0 Å². The SMILES string of the molecule is CC[C@@H]1CN(c2nc(=O)n(C)c3ccc(C#N)nc23)C(C)CN1C(c1ccc(OC(C)C)cc1)C(C)C. The van der Waals surface area contributed by atoms with Crippen molar-refractivity contribution in [2.45, 2.75) is 72.2 Å². The van der Waals surface area contributed by atoms with Crippen LogP contribution in [0, 0.1) is 17.2 Å². The van der Waals surface area contributed by atoms with Crippen molar-refractivity contribution in [1.82, 2.24) is 19.4 Å². The lowest BCUT2D eigenvalue weighted by Gasteiger charge is -2.50. The molecule has 37 heavy (non-hydrogen) atoms. The van der Waals surface area contributed by atoms with Crippen LogP contribution in [0.1, 0.15) is 65.3 Å². The van der Waals surface area contributed by atoms with Crippen molar-refractivity contribution < 1.29 is 4.74 Å². The van der Waals surface area contributed by atoms with Crippen LogP contribution in [0.5, 0.6) is 5.75 Å². The smallest absolute Gasteiger partial charge is 0.349 e. The number of aromatic nitrogens is 3. The number of piperazine rings is 1. The van der Waals surface area contributed by atoms with Crippen LogP contribution in [0.15, 0.2) is 41.2 Å². The fourth-order valence-corrected chi connectivity index (χ4v) is 5.51. The Balaban J connectivity index is 1.70. The minimum absolute atomic E-state index is 0.0999. The normalized spacial score (nSPS) is 19.4. The van der Waals surface area contributed by atoms with Gasteiger partial charge in [-0.1, -0.05) is 32.9 Å². The number of rotatable bonds is 7. The van der Waals surface area contributed by atoms with Gasteiger partial charge >= 0.3 is 5.69 Å². The van der Waals surface area contributed by atoms with Gasteiger partial charge in [-0.25, -0.2) is 9.78 Å². The molecule has 0 aliphatic carbocycles. The summed E-state index contributed by atoms with van der Waals surface area (Å²) in [5.41, 5.74) is 2.55. The van der Waals surface area contributed by atoms with Gasteiger partial charge in [0.25, 0.3) is 0 Å². The Kier molecular flexibility index (Phi) is 7.84. The van der Waals surface area contributed by atoms with Crippen LogP contribution in [0.2, 0.25) is 0 Å². The van der Waals surface area contributed by atoms with Crippen molar-refractivity contribution >= 4 is 16.9 Å². The third kappa shape index (κ3) is 5.33. The van der Waals surface area contributed by atoms with Crippen molar-refractivity contribution in [1.29, 1.82) is 5.26 Å². The minimum atomic E-state index is -0.319. The van der Waals surface area contributed by atoms with E-state index in [1.807, 2.05) is 13.8 Å². The first-order chi connectivity index (χ1) is 17.6. The van der Waals surface area contributed by atoms with Gasteiger partial charge in [0, 0.05) is 38.3 Å². The molecule has 3 atom stereocenters. The topological polar surface area (TPSA) is 87.3 Å². The highest BCUT2D eigenvalue weighted by atomic mass is 16.5. The molecule has 2 aromatic heterocycles. The van der Waals surface area contributed by atoms with E-state index in [9.17, 15) is 10.1 Å². The Hall–Kier alpha value is -3.44. The zero-order valence-electron chi connectivity index (χ0n) is 23.0. The van der Waals surface area contributed by atoms with Crippen molar-refractivity contribution in [3.8, 4) is 11.8 Å². The molecule has 0 radical (unpaired) electrons. The molecule has 1 aliphatic heterocycles. The predicted molar refractivity (Wildman–Crippen MR) is 147 cm³/mol. The summed E-state index contributed by atoms with van der Waals surface area (Å²) >= 11 is 0. The van der Waals surface area contributed by atoms with Gasteiger partial charge < -0.3 is 9.64 Å². The molecule has 1 aliphatic rings. The third-order valence-electron chi connectivity index (χ3n) is 7.26. The van der Waals surface area contributed by atoms with E-state index in [-0.39, 0.29) is 29.9 Å². The fraction of sp³-hybridized carbons (Fsp3) is 0.517. The molecular weight excluding hydrogens is 464 g/mol. The van der Waals surface area contributed by atoms with E-state index < -0.39 is 0 Å². The highest BCUT2D eigenvalue weighted by molar-refractivity contribution is 5.86. The maximum atomic E-state index is 12.8. The van der Waals surface area contributed by atoms with Crippen LogP contribution >= 0.6 is 0 Å². The molecule has 4 rings (SSSR count). The Labute approximate surface area is 219 Å². The summed E-state index contributed by atoms with van der Waals surface area (Å²) in [6.07, 6.45) is 1.10. The van der Waals surface area contributed by atoms with E-state index in [0.717, 1.165) is 25.3 Å². The number of fused-ring (bicyclic) bond motifs is 1. The molecule has 1 aromatic carbocycles. The van der Waals surface area contributed by atoms with Crippen molar-refractivity contribution in [2.24, 2.45) is 13.0 Å². The van der Waals surface area contributed by atoms with Gasteiger partial charge in [-0.3, -0.25) is 9.47 Å². The van der Waals surface area contributed by atoms with Crippen LogP contribution in [0.3, 0.4) is 0 Å². The first-order valence-corrected chi connectivity index (χ1v) is 13.2. The summed E-state index contributed by atoms with van der Waals surface area (Å²) in [5.74, 6) is 1.86. The third-order valence-corrected chi connectivity index (χ3v) is 7.26. The van der Waals surface area contributed by atoms with E-state index in [4.69, 9.17) is 4.74 Å². The number of anilines is 1. The van der Waals surface area contributed by atoms with Crippen LogP contribution < -0.4 is 15.3 Å². The Bertz CT molecular complexity index is 1340. The lowest BCUT2D eigenvalue weighted by atomic mass is 9.90. The summed E-state index contributed by atoms with van der Waals surface area (Å²) in [6, 6.07) is 14.7. The number of nitrogens with zero attached hydrogens (tertiary/aromatic N) is 6. The number of benzene rings is 1. The minimum Gasteiger partial charge on any atom is -0.491 e. The predicted octanol–water partition coefficient (Wildman–Crippen LogP) is 4.67. The van der Waals surface area contributed by atoms with Crippen LogP contribution in [0.4, 0.5) is 5.82 Å². The van der Waals surface area contributed by atoms with E-state index >= 15 is 0 Å². The maximum Gasteiger partial charge on any atom is 0.349 e. The molecule has 0 bridgehead atoms. The van der Waals surface area contributed by atoms with E-state index in [2.05, 4.69) is 77.8 Å². The van der Waals surface area contributed by atoms with Crippen molar-refractivity contribution in [2.75, 3.05) is 18.0 Å². The number of ether oxygens (including phenoxy) is 1. The Morgan fingerprint density at radius 3 is 2.38 bits per heavy atom. The fourth-order valence-electron chi connectivity index (χ4n) is 5.51. The van der Waals surface area contributed by atoms with Gasteiger partial charge in [-0.15, -0.1) is 0 Å². The second-order valence-electron chi connectivity index (χ2n) is 10.6. The average Bonchev–Trinajstić information content (AvgIpc) is 2.87. The van der Waals surface area contributed by atoms with Gasteiger partial charge in [0.05, 0.1) is 11.6 Å². The van der Waals surface area contributed by atoms with E-state index in [0.29, 0.717) is 28.5 Å². The van der Waals surface area contributed by atoms with Gasteiger partial charge in [0.2, 0.25) is 0 Å². The molecular formula is C29H38N6O2. The molecule has 8 nitrogen and oxygen atoms in total. The largest absolute Gasteiger partial charge is 0.491 e. The van der Waals surface area contributed by atoms with Crippen molar-refractivity contribution in [3.05, 3.63) is 58.1 Å². The quantitative estimate of drug-likeness (QED) is 0.464. The molecule has 1 saturated heterocycles. The summed E-state index contributed by atoms with van der Waals surface area (Å²) in [5, 5.41) is 9.44. The zero-order chi connectivity index (χ0) is 26.9. The lowest BCUT2D eigenvalue weighted by Crippen LogP contribution is -2.59. The molecule has 0 spiro atoms. The van der Waals surface area contributed by atoms with Crippen LogP contribution in [-0.4, -0.2) is 50.7 Å². The number of aryl methyl sites for hydroxylation is 1. The number of hydrogen-bond donors (Lipinski definition) is 0. The zero-order valence-corrected chi connectivity index (χ0v) is 23.0. The summed E-state index contributed by atoms with van der Waals surface area (Å²) in [7, 11) is 1.69. The van der Waals surface area contributed by atoms with Gasteiger partial charge in [-0.2, -0.15) is 10.2 Å². The number of pyridine rings is 1. The van der Waals surface area contributed by atoms with Gasteiger partial charge in [-0.05, 0) is 62.9 Å². The Morgan fingerprint density at radius 2 is 1.78 bits per heavy atom. The number of hydrogen-bond acceptors (Lipinski definition) is 7. The average molecular weight is 503 g/mol. The second kappa shape index (κ2) is 10.9. The van der Waals surface area contributed by atoms with E-state index in [1.165, 1.54) is 10.1 Å². The molecule has 0 saturated carbocycles. The molecule has 0 amide bonds. The summed E-state index contributed by atoms with van der Waals surface area (Å²) < 4.78 is 7.36. The standard InChI is InChI=1S/C29H38N6O2/c1-8-23-17-34(28-26-25(33(7)29(36)32-28)14-11-22(15-30)31-26)20(6)16-35(23)27(18(2)3)21-9-12-24(13-10-21)37-19(4)5/h9-14,18-20,23,27H,8,16-17H2,1-7H3/t20?,23-,27?/m1/s1. The van der Waals surface area contributed by atoms with E-state index in [1.54, 1.807) is 19.2 Å². The molecule has 8 heteroatoms. The highest BCUT2D eigenvalue weighted by Gasteiger charge is 2.38. The van der Waals surface area contributed by atoms with Gasteiger partial charge in [0.15, 0.2) is 5.82 Å². The number of nitriles is 1. The maximum absolute atomic E-state index is 12.8. The van der Waals surface area contributed by atoms with Crippen LogP contribution in [-0.2, 0) is 7.05 Å². The van der Waals surface area contributed by atoms with Crippen LogP contribution in [0.25, 0.3) is 11.0 Å². The summed E-state index contributed by atoms with van der Waals surface area (Å²) in [4.78, 5) is 26.6. The monoisotopic (exact) mass is 502 g/mol. The van der Waals surface area contributed by atoms with Crippen molar-refractivity contribution in [3.63, 3.8) is 0 Å². The first-order valence-electron chi connectivity index (χ1n) is 13.2. The molecule has 3 heterocycles. The second-order valence-corrected chi connectivity index (χ2v) is 10.6. The summed E-state index contributed by atoms with van der Waals surface area (Å²) in [6.45, 7) is 14.6. The highest BCUT2D eigenvalue weighted by Crippen LogP contribution is 2.36. The molecule has 3 aromatic rings. The molecule has 0 N–H and O–H groups in total.